The summed E-state index contributed by atoms with van der Waals surface area (Å²) in [5.41, 5.74) is 0. The van der Waals surface area contributed by atoms with Gasteiger partial charge in [-0.1, -0.05) is 6.92 Å². The van der Waals surface area contributed by atoms with E-state index in [9.17, 15) is 0 Å². The van der Waals surface area contributed by atoms with Crippen LogP contribution in [0.25, 0.3) is 0 Å². The molecule has 0 saturated carbocycles. The van der Waals surface area contributed by atoms with E-state index in [4.69, 9.17) is 9.72 Å². The minimum Gasteiger partial charge on any atom is -0.377 e. The van der Waals surface area contributed by atoms with Gasteiger partial charge in [0.25, 0.3) is 0 Å². The van der Waals surface area contributed by atoms with Gasteiger partial charge < -0.3 is 15.0 Å². The van der Waals surface area contributed by atoms with Gasteiger partial charge in [-0.3, -0.25) is 5.10 Å². The molecule has 3 rings (SSSR count). The molecule has 2 aliphatic heterocycles. The van der Waals surface area contributed by atoms with Gasteiger partial charge in [0.15, 0.2) is 0 Å². The van der Waals surface area contributed by atoms with E-state index in [2.05, 4.69) is 27.3 Å². The van der Waals surface area contributed by atoms with Gasteiger partial charge in [-0.2, -0.15) is 4.98 Å². The maximum Gasteiger partial charge on any atom is 0.244 e. The predicted molar refractivity (Wildman–Crippen MR) is 78.1 cm³/mol. The Morgan fingerprint density at radius 1 is 1.35 bits per heavy atom. The maximum absolute atomic E-state index is 5.74. The number of aromatic nitrogens is 3. The lowest BCUT2D eigenvalue weighted by Crippen LogP contribution is -2.41. The number of hydrogen-bond donors (Lipinski definition) is 2. The maximum atomic E-state index is 5.74. The van der Waals surface area contributed by atoms with E-state index in [1.54, 1.807) is 0 Å². The SMILES string of the molecule is CCC1OCCC1c1nc(N2CCC(NC)CC2)n[nH]1. The van der Waals surface area contributed by atoms with Crippen molar-refractivity contribution in [1.29, 1.82) is 0 Å². The van der Waals surface area contributed by atoms with Crippen molar-refractivity contribution in [3.8, 4) is 0 Å². The van der Waals surface area contributed by atoms with Crippen molar-refractivity contribution in [3.05, 3.63) is 5.82 Å². The lowest BCUT2D eigenvalue weighted by Gasteiger charge is -2.30. The van der Waals surface area contributed by atoms with Crippen molar-refractivity contribution in [1.82, 2.24) is 20.5 Å². The number of piperidine rings is 1. The summed E-state index contributed by atoms with van der Waals surface area (Å²) < 4.78 is 5.74. The van der Waals surface area contributed by atoms with Crippen LogP contribution >= 0.6 is 0 Å². The van der Waals surface area contributed by atoms with Crippen molar-refractivity contribution in [3.63, 3.8) is 0 Å². The third-order valence-corrected chi connectivity index (χ3v) is 4.64. The van der Waals surface area contributed by atoms with Crippen LogP contribution in [0.3, 0.4) is 0 Å². The first-order valence-corrected chi connectivity index (χ1v) is 7.78. The standard InChI is InChI=1S/C14H25N5O/c1-3-12-11(6-9-20-12)13-16-14(18-17-13)19-7-4-10(15-2)5-8-19/h10-12,15H,3-9H2,1-2H3,(H,16,17,18). The molecule has 0 bridgehead atoms. The Bertz CT molecular complexity index is 427. The zero-order valence-corrected chi connectivity index (χ0v) is 12.4. The molecule has 6 nitrogen and oxygen atoms in total. The predicted octanol–water partition coefficient (Wildman–Crippen LogP) is 1.28. The Balaban J connectivity index is 1.65. The van der Waals surface area contributed by atoms with Crippen LogP contribution < -0.4 is 10.2 Å². The highest BCUT2D eigenvalue weighted by atomic mass is 16.5. The summed E-state index contributed by atoms with van der Waals surface area (Å²) in [7, 11) is 2.04. The Kier molecular flexibility index (Phi) is 4.21. The number of anilines is 1. The lowest BCUT2D eigenvalue weighted by atomic mass is 9.99. The topological polar surface area (TPSA) is 66.1 Å². The monoisotopic (exact) mass is 279 g/mol. The largest absolute Gasteiger partial charge is 0.377 e. The molecule has 0 spiro atoms. The molecule has 0 radical (unpaired) electrons. The first-order valence-electron chi connectivity index (χ1n) is 7.78. The lowest BCUT2D eigenvalue weighted by molar-refractivity contribution is 0.0995. The number of nitrogens with zero attached hydrogens (tertiary/aromatic N) is 3. The van der Waals surface area contributed by atoms with E-state index in [1.165, 1.54) is 0 Å². The van der Waals surface area contributed by atoms with E-state index in [1.807, 2.05) is 7.05 Å². The molecule has 2 unspecified atom stereocenters. The molecule has 6 heteroatoms. The summed E-state index contributed by atoms with van der Waals surface area (Å²) in [5.74, 6) is 2.24. The van der Waals surface area contributed by atoms with E-state index >= 15 is 0 Å². The van der Waals surface area contributed by atoms with Crippen LogP contribution in [0.2, 0.25) is 0 Å². The van der Waals surface area contributed by atoms with Gasteiger partial charge >= 0.3 is 0 Å². The van der Waals surface area contributed by atoms with Crippen molar-refractivity contribution in [2.75, 3.05) is 31.6 Å². The van der Waals surface area contributed by atoms with Gasteiger partial charge in [0, 0.05) is 31.7 Å². The molecule has 0 aromatic carbocycles. The highest BCUT2D eigenvalue weighted by molar-refractivity contribution is 5.30. The first-order chi connectivity index (χ1) is 9.81. The Morgan fingerprint density at radius 3 is 2.85 bits per heavy atom. The number of rotatable bonds is 4. The van der Waals surface area contributed by atoms with Gasteiger partial charge in [-0.15, -0.1) is 5.10 Å². The molecule has 1 aromatic heterocycles. The molecule has 3 heterocycles. The fourth-order valence-corrected chi connectivity index (χ4v) is 3.30. The second-order valence-electron chi connectivity index (χ2n) is 5.78. The summed E-state index contributed by atoms with van der Waals surface area (Å²) in [6, 6.07) is 0.636. The van der Waals surface area contributed by atoms with E-state index < -0.39 is 0 Å². The average molecular weight is 279 g/mol. The summed E-state index contributed by atoms with van der Waals surface area (Å²) in [6.45, 7) is 5.07. The minimum atomic E-state index is 0.297. The Labute approximate surface area is 120 Å². The molecule has 0 aliphatic carbocycles. The van der Waals surface area contributed by atoms with Crippen molar-refractivity contribution >= 4 is 5.95 Å². The van der Waals surface area contributed by atoms with Crippen LogP contribution in [-0.2, 0) is 4.74 Å². The highest BCUT2D eigenvalue weighted by Crippen LogP contribution is 2.31. The van der Waals surface area contributed by atoms with E-state index in [0.29, 0.717) is 18.1 Å². The average Bonchev–Trinajstić information content (AvgIpc) is 3.15. The Morgan fingerprint density at radius 2 is 2.15 bits per heavy atom. The minimum absolute atomic E-state index is 0.297. The molecule has 1 aromatic rings. The fraction of sp³-hybridized carbons (Fsp3) is 0.857. The van der Waals surface area contributed by atoms with Crippen LogP contribution in [0.4, 0.5) is 5.95 Å². The van der Waals surface area contributed by atoms with Gasteiger partial charge in [0.1, 0.15) is 5.82 Å². The molecule has 20 heavy (non-hydrogen) atoms. The van der Waals surface area contributed by atoms with E-state index in [0.717, 1.165) is 57.2 Å². The first kappa shape index (κ1) is 13.8. The Hall–Kier alpha value is -1.14. The molecule has 112 valence electrons. The smallest absolute Gasteiger partial charge is 0.244 e. The molecule has 2 N–H and O–H groups in total. The number of hydrogen-bond acceptors (Lipinski definition) is 5. The quantitative estimate of drug-likeness (QED) is 0.869. The van der Waals surface area contributed by atoms with Crippen LogP contribution in [0.5, 0.6) is 0 Å². The third kappa shape index (κ3) is 2.67. The highest BCUT2D eigenvalue weighted by Gasteiger charge is 2.31. The number of H-pyrrole nitrogens is 1. The second-order valence-corrected chi connectivity index (χ2v) is 5.78. The van der Waals surface area contributed by atoms with Crippen LogP contribution in [-0.4, -0.2) is 54.1 Å². The molecule has 2 saturated heterocycles. The van der Waals surface area contributed by atoms with E-state index in [-0.39, 0.29) is 0 Å². The molecule has 2 aliphatic rings. The summed E-state index contributed by atoms with van der Waals surface area (Å²) in [5, 5.41) is 10.9. The molecular weight excluding hydrogens is 254 g/mol. The summed E-state index contributed by atoms with van der Waals surface area (Å²) >= 11 is 0. The number of ether oxygens (including phenoxy) is 1. The van der Waals surface area contributed by atoms with Gasteiger partial charge in [-0.05, 0) is 32.7 Å². The van der Waals surface area contributed by atoms with Gasteiger partial charge in [0.05, 0.1) is 6.10 Å². The van der Waals surface area contributed by atoms with Gasteiger partial charge in [0.2, 0.25) is 5.95 Å². The molecule has 2 fully saturated rings. The van der Waals surface area contributed by atoms with Crippen LogP contribution in [0, 0.1) is 0 Å². The van der Waals surface area contributed by atoms with Gasteiger partial charge in [-0.25, -0.2) is 0 Å². The van der Waals surface area contributed by atoms with Crippen molar-refractivity contribution in [2.24, 2.45) is 0 Å². The third-order valence-electron chi connectivity index (χ3n) is 4.64. The number of aromatic amines is 1. The second kappa shape index (κ2) is 6.10. The van der Waals surface area contributed by atoms with Crippen LogP contribution in [0.15, 0.2) is 0 Å². The fourth-order valence-electron chi connectivity index (χ4n) is 3.30. The molecule has 2 atom stereocenters. The summed E-state index contributed by atoms with van der Waals surface area (Å²) in [4.78, 5) is 7.01. The van der Waals surface area contributed by atoms with Crippen molar-refractivity contribution in [2.45, 2.75) is 50.7 Å². The van der Waals surface area contributed by atoms with Crippen LogP contribution in [0.1, 0.15) is 44.3 Å². The normalized spacial score (nSPS) is 28.2. The molecule has 0 amide bonds. The van der Waals surface area contributed by atoms with Crippen molar-refractivity contribution < 1.29 is 4.74 Å². The summed E-state index contributed by atoms with van der Waals surface area (Å²) in [6.07, 6.45) is 4.70. The molecular formula is C14H25N5O. The zero-order chi connectivity index (χ0) is 13.9. The zero-order valence-electron chi connectivity index (χ0n) is 12.4. The number of nitrogens with one attached hydrogen (secondary N) is 2.